The summed E-state index contributed by atoms with van der Waals surface area (Å²) in [5, 5.41) is 0. The largest absolute Gasteiger partial charge is 0.463 e. The fourth-order valence-corrected chi connectivity index (χ4v) is 3.83. The first kappa shape index (κ1) is 19.0. The zero-order chi connectivity index (χ0) is 17.9. The molecule has 0 heterocycles. The summed E-state index contributed by atoms with van der Waals surface area (Å²) in [6, 6.07) is 0. The minimum Gasteiger partial charge on any atom is -0.463 e. The van der Waals surface area contributed by atoms with Gasteiger partial charge >= 0.3 is 11.9 Å². The zero-order valence-electron chi connectivity index (χ0n) is 15.3. The molecule has 0 amide bonds. The van der Waals surface area contributed by atoms with Crippen molar-refractivity contribution in [1.29, 1.82) is 0 Å². The molecule has 2 aliphatic rings. The Balaban J connectivity index is 2.00. The summed E-state index contributed by atoms with van der Waals surface area (Å²) in [4.78, 5) is 24.5. The number of carbonyl (C=O) groups is 2. The zero-order valence-corrected chi connectivity index (χ0v) is 15.3. The van der Waals surface area contributed by atoms with Crippen LogP contribution in [0.4, 0.5) is 0 Å². The average Bonchev–Trinajstić information content (AvgIpc) is 2.91. The van der Waals surface area contributed by atoms with Crippen LogP contribution >= 0.6 is 0 Å². The van der Waals surface area contributed by atoms with Crippen molar-refractivity contribution in [3.63, 3.8) is 0 Å². The normalized spacial score (nSPS) is 33.2. The van der Waals surface area contributed by atoms with Gasteiger partial charge < -0.3 is 15.2 Å². The van der Waals surface area contributed by atoms with E-state index in [0.29, 0.717) is 36.4 Å². The van der Waals surface area contributed by atoms with Gasteiger partial charge in [-0.25, -0.2) is 4.79 Å². The van der Waals surface area contributed by atoms with Gasteiger partial charge in [0.15, 0.2) is 0 Å². The van der Waals surface area contributed by atoms with Crippen LogP contribution in [0.2, 0.25) is 0 Å². The van der Waals surface area contributed by atoms with Gasteiger partial charge in [-0.1, -0.05) is 33.3 Å². The number of carbonyl (C=O) groups excluding carboxylic acids is 2. The molecule has 1 fully saturated rings. The van der Waals surface area contributed by atoms with Crippen molar-refractivity contribution in [2.75, 3.05) is 6.61 Å². The number of hydrogen-bond acceptors (Lipinski definition) is 5. The summed E-state index contributed by atoms with van der Waals surface area (Å²) >= 11 is 0. The Morgan fingerprint density at radius 3 is 2.71 bits per heavy atom. The molecule has 0 aromatic carbocycles. The van der Waals surface area contributed by atoms with Crippen molar-refractivity contribution in [3.8, 4) is 0 Å². The smallest absolute Gasteiger partial charge is 0.333 e. The molecule has 4 atom stereocenters. The predicted octanol–water partition coefficient (Wildman–Crippen LogP) is 2.97. The van der Waals surface area contributed by atoms with Crippen molar-refractivity contribution in [2.45, 2.75) is 71.4 Å². The molecule has 2 rings (SSSR count). The number of rotatable bonds is 5. The van der Waals surface area contributed by atoms with E-state index in [2.05, 4.69) is 20.8 Å². The first-order valence-electron chi connectivity index (χ1n) is 9.13. The van der Waals surface area contributed by atoms with Gasteiger partial charge in [0.1, 0.15) is 11.6 Å². The molecule has 2 aliphatic carbocycles. The maximum Gasteiger partial charge on any atom is 0.333 e. The van der Waals surface area contributed by atoms with Gasteiger partial charge in [-0.05, 0) is 43.9 Å². The highest BCUT2D eigenvalue weighted by atomic mass is 16.5. The molecule has 2 N–H and O–H groups in total. The molecule has 0 aliphatic heterocycles. The Labute approximate surface area is 144 Å². The van der Waals surface area contributed by atoms with Gasteiger partial charge in [0.05, 0.1) is 6.61 Å². The van der Waals surface area contributed by atoms with E-state index in [1.165, 1.54) is 6.42 Å². The van der Waals surface area contributed by atoms with E-state index in [9.17, 15) is 9.59 Å². The third-order valence-corrected chi connectivity index (χ3v) is 5.38. The summed E-state index contributed by atoms with van der Waals surface area (Å²) in [7, 11) is 0. The highest BCUT2D eigenvalue weighted by Gasteiger charge is 2.44. The predicted molar refractivity (Wildman–Crippen MR) is 92.1 cm³/mol. The molecule has 0 spiro atoms. The molecular formula is C19H31NO4. The van der Waals surface area contributed by atoms with Crippen LogP contribution in [-0.4, -0.2) is 30.2 Å². The summed E-state index contributed by atoms with van der Waals surface area (Å²) < 4.78 is 10.9. The average molecular weight is 337 g/mol. The van der Waals surface area contributed by atoms with Crippen LogP contribution in [0, 0.1) is 17.8 Å². The van der Waals surface area contributed by atoms with Crippen molar-refractivity contribution in [3.05, 3.63) is 11.6 Å². The van der Waals surface area contributed by atoms with E-state index < -0.39 is 5.54 Å². The number of esters is 2. The Bertz CT molecular complexity index is 513. The van der Waals surface area contributed by atoms with Crippen molar-refractivity contribution < 1.29 is 19.1 Å². The summed E-state index contributed by atoms with van der Waals surface area (Å²) in [6.07, 6.45) is 5.31. The van der Waals surface area contributed by atoms with Crippen LogP contribution in [0.1, 0.15) is 59.8 Å². The standard InChI is InChI=1S/C19H31NO4/c1-5-23-17(21)14-8-9-19(20,11-14)18(22)24-16-10-13(4)6-7-15(16)12(2)3/h8,12-13,15-16H,5-7,9-11,20H2,1-4H3/t13-,15+,16-,19-/m1/s1. The maximum atomic E-state index is 12.7. The second kappa shape index (κ2) is 7.68. The van der Waals surface area contributed by atoms with Gasteiger partial charge in [-0.2, -0.15) is 0 Å². The third-order valence-electron chi connectivity index (χ3n) is 5.38. The number of hydrogen-bond donors (Lipinski definition) is 1. The molecule has 0 bridgehead atoms. The van der Waals surface area contributed by atoms with E-state index in [0.717, 1.165) is 12.8 Å². The van der Waals surface area contributed by atoms with E-state index >= 15 is 0 Å². The second-order valence-electron chi connectivity index (χ2n) is 7.76. The molecule has 0 unspecified atom stereocenters. The van der Waals surface area contributed by atoms with Gasteiger partial charge in [0.2, 0.25) is 0 Å². The Hall–Kier alpha value is -1.36. The Kier molecular flexibility index (Phi) is 6.07. The van der Waals surface area contributed by atoms with Crippen molar-refractivity contribution in [1.82, 2.24) is 0 Å². The SMILES string of the molecule is CCOC(=O)C1=CC[C@](N)(C(=O)O[C@@H]2C[C@H](C)CC[C@H]2C(C)C)C1. The molecule has 0 aromatic rings. The van der Waals surface area contributed by atoms with Crippen molar-refractivity contribution in [2.24, 2.45) is 23.5 Å². The van der Waals surface area contributed by atoms with Gasteiger partial charge in [-0.3, -0.25) is 4.79 Å². The molecule has 1 saturated carbocycles. The minimum absolute atomic E-state index is 0.0756. The highest BCUT2D eigenvalue weighted by Crippen LogP contribution is 2.37. The van der Waals surface area contributed by atoms with Crippen LogP contribution in [0.25, 0.3) is 0 Å². The highest BCUT2D eigenvalue weighted by molar-refractivity contribution is 5.93. The molecule has 5 nitrogen and oxygen atoms in total. The number of nitrogens with two attached hydrogens (primary N) is 1. The van der Waals surface area contributed by atoms with Crippen LogP contribution in [0.5, 0.6) is 0 Å². The molecule has 5 heteroatoms. The summed E-state index contributed by atoms with van der Waals surface area (Å²) in [5.74, 6) is 0.642. The van der Waals surface area contributed by atoms with Crippen LogP contribution < -0.4 is 5.73 Å². The first-order chi connectivity index (χ1) is 11.3. The van der Waals surface area contributed by atoms with Gasteiger partial charge in [-0.15, -0.1) is 0 Å². The lowest BCUT2D eigenvalue weighted by Crippen LogP contribution is -2.50. The maximum absolute atomic E-state index is 12.7. The fraction of sp³-hybridized carbons (Fsp3) is 0.789. The molecular weight excluding hydrogens is 306 g/mol. The van der Waals surface area contributed by atoms with Crippen LogP contribution in [0.15, 0.2) is 11.6 Å². The van der Waals surface area contributed by atoms with Crippen LogP contribution in [-0.2, 0) is 19.1 Å². The second-order valence-corrected chi connectivity index (χ2v) is 7.76. The quantitative estimate of drug-likeness (QED) is 0.780. The van der Waals surface area contributed by atoms with Gasteiger partial charge in [0.25, 0.3) is 0 Å². The fourth-order valence-electron chi connectivity index (χ4n) is 3.83. The summed E-state index contributed by atoms with van der Waals surface area (Å²) in [5.41, 5.74) is 5.61. The molecule has 0 radical (unpaired) electrons. The molecule has 136 valence electrons. The topological polar surface area (TPSA) is 78.6 Å². The third kappa shape index (κ3) is 4.18. The Morgan fingerprint density at radius 2 is 2.08 bits per heavy atom. The van der Waals surface area contributed by atoms with Crippen molar-refractivity contribution >= 4 is 11.9 Å². The molecule has 24 heavy (non-hydrogen) atoms. The lowest BCUT2D eigenvalue weighted by molar-refractivity contribution is -0.162. The monoisotopic (exact) mass is 337 g/mol. The Morgan fingerprint density at radius 1 is 1.38 bits per heavy atom. The molecule has 0 saturated heterocycles. The van der Waals surface area contributed by atoms with E-state index in [4.69, 9.17) is 15.2 Å². The van der Waals surface area contributed by atoms with E-state index in [1.807, 2.05) is 0 Å². The van der Waals surface area contributed by atoms with Crippen LogP contribution in [0.3, 0.4) is 0 Å². The summed E-state index contributed by atoms with van der Waals surface area (Å²) in [6.45, 7) is 8.62. The number of ether oxygens (including phenoxy) is 2. The lowest BCUT2D eigenvalue weighted by Gasteiger charge is -2.38. The lowest BCUT2D eigenvalue weighted by atomic mass is 9.75. The molecule has 0 aromatic heterocycles. The van der Waals surface area contributed by atoms with E-state index in [-0.39, 0.29) is 24.5 Å². The first-order valence-corrected chi connectivity index (χ1v) is 9.13. The van der Waals surface area contributed by atoms with E-state index in [1.54, 1.807) is 13.0 Å². The minimum atomic E-state index is -1.13. The van der Waals surface area contributed by atoms with Gasteiger partial charge in [0, 0.05) is 12.0 Å².